The highest BCUT2D eigenvalue weighted by Crippen LogP contribution is 2.42. The molecule has 0 aliphatic heterocycles. The Labute approximate surface area is 179 Å². The van der Waals surface area contributed by atoms with Crippen molar-refractivity contribution in [3.63, 3.8) is 0 Å². The van der Waals surface area contributed by atoms with Crippen LogP contribution in [0.1, 0.15) is 16.7 Å². The number of aromatic nitrogens is 2. The molecule has 150 valence electrons. The molecular formula is C26H19N3O2. The number of rotatable bonds is 5. The predicted molar refractivity (Wildman–Crippen MR) is 121 cm³/mol. The molecule has 0 atom stereocenters. The molecule has 0 aliphatic rings. The van der Waals surface area contributed by atoms with E-state index in [1.54, 1.807) is 12.4 Å². The Morgan fingerprint density at radius 3 is 1.65 bits per heavy atom. The van der Waals surface area contributed by atoms with Crippen molar-refractivity contribution in [2.75, 3.05) is 0 Å². The summed E-state index contributed by atoms with van der Waals surface area (Å²) in [7, 11) is 0. The van der Waals surface area contributed by atoms with Crippen LogP contribution in [-0.2, 0) is 5.54 Å². The van der Waals surface area contributed by atoms with Crippen LogP contribution in [0.25, 0.3) is 11.0 Å². The molecule has 0 aliphatic carbocycles. The van der Waals surface area contributed by atoms with Gasteiger partial charge >= 0.3 is 0 Å². The summed E-state index contributed by atoms with van der Waals surface area (Å²) >= 11 is 0. The van der Waals surface area contributed by atoms with Gasteiger partial charge < -0.3 is 4.57 Å². The number of nitro groups is 1. The third-order valence-electron chi connectivity index (χ3n) is 5.68. The highest BCUT2D eigenvalue weighted by atomic mass is 16.6. The first kappa shape index (κ1) is 18.8. The zero-order valence-corrected chi connectivity index (χ0v) is 16.6. The van der Waals surface area contributed by atoms with E-state index in [9.17, 15) is 10.1 Å². The minimum atomic E-state index is -0.700. The van der Waals surface area contributed by atoms with Gasteiger partial charge in [-0.3, -0.25) is 10.1 Å². The van der Waals surface area contributed by atoms with E-state index < -0.39 is 10.5 Å². The lowest BCUT2D eigenvalue weighted by Crippen LogP contribution is -2.37. The zero-order chi connectivity index (χ0) is 21.3. The average molecular weight is 405 g/mol. The zero-order valence-electron chi connectivity index (χ0n) is 16.6. The summed E-state index contributed by atoms with van der Waals surface area (Å²) in [5.41, 5.74) is 3.96. The van der Waals surface area contributed by atoms with Crippen LogP contribution in [0.4, 0.5) is 5.69 Å². The maximum atomic E-state index is 11.3. The molecule has 0 fully saturated rings. The van der Waals surface area contributed by atoms with Crippen LogP contribution in [0, 0.1) is 10.1 Å². The molecule has 0 unspecified atom stereocenters. The van der Waals surface area contributed by atoms with Crippen LogP contribution >= 0.6 is 0 Å². The van der Waals surface area contributed by atoms with Crippen LogP contribution in [-0.4, -0.2) is 14.5 Å². The van der Waals surface area contributed by atoms with Gasteiger partial charge in [0.25, 0.3) is 5.69 Å². The van der Waals surface area contributed by atoms with Gasteiger partial charge in [-0.15, -0.1) is 0 Å². The number of hydrogen-bond donors (Lipinski definition) is 0. The number of benzene rings is 4. The third-order valence-corrected chi connectivity index (χ3v) is 5.68. The first-order chi connectivity index (χ1) is 15.2. The lowest BCUT2D eigenvalue weighted by Gasteiger charge is -2.38. The Morgan fingerprint density at radius 2 is 1.19 bits per heavy atom. The monoisotopic (exact) mass is 405 g/mol. The van der Waals surface area contributed by atoms with Gasteiger partial charge in [0.05, 0.1) is 22.3 Å². The normalized spacial score (nSPS) is 11.5. The van der Waals surface area contributed by atoms with Gasteiger partial charge in [0.2, 0.25) is 0 Å². The molecule has 0 N–H and O–H groups in total. The van der Waals surface area contributed by atoms with E-state index in [2.05, 4.69) is 45.9 Å². The van der Waals surface area contributed by atoms with Gasteiger partial charge in [0, 0.05) is 12.1 Å². The van der Waals surface area contributed by atoms with Crippen molar-refractivity contribution < 1.29 is 4.92 Å². The van der Waals surface area contributed by atoms with Crippen molar-refractivity contribution in [3.05, 3.63) is 142 Å². The quantitative estimate of drug-likeness (QED) is 0.211. The van der Waals surface area contributed by atoms with E-state index in [0.717, 1.165) is 22.2 Å². The van der Waals surface area contributed by atoms with Gasteiger partial charge in [-0.2, -0.15) is 0 Å². The molecule has 0 bridgehead atoms. The summed E-state index contributed by atoms with van der Waals surface area (Å²) in [4.78, 5) is 15.5. The fraction of sp³-hybridized carbons (Fsp3) is 0.0385. The van der Waals surface area contributed by atoms with Crippen molar-refractivity contribution >= 4 is 16.7 Å². The molecule has 5 nitrogen and oxygen atoms in total. The fourth-order valence-corrected chi connectivity index (χ4v) is 4.34. The van der Waals surface area contributed by atoms with Crippen LogP contribution in [0.15, 0.2) is 116 Å². The van der Waals surface area contributed by atoms with Gasteiger partial charge in [0.15, 0.2) is 0 Å². The highest BCUT2D eigenvalue weighted by Gasteiger charge is 2.39. The number of non-ortho nitro benzene ring substituents is 1. The summed E-state index contributed by atoms with van der Waals surface area (Å²) < 4.78 is 2.12. The minimum absolute atomic E-state index is 0.0301. The SMILES string of the molecule is O=[N+]([O-])c1ccc2c(c1)ncn2C(c1ccccc1)(c1ccccc1)c1ccccc1. The number of hydrogen-bond acceptors (Lipinski definition) is 3. The van der Waals surface area contributed by atoms with Gasteiger partial charge in [0.1, 0.15) is 5.54 Å². The molecule has 0 spiro atoms. The molecule has 1 aromatic heterocycles. The third kappa shape index (κ3) is 2.99. The van der Waals surface area contributed by atoms with Crippen molar-refractivity contribution in [3.8, 4) is 0 Å². The summed E-state index contributed by atoms with van der Waals surface area (Å²) in [5, 5.41) is 11.3. The van der Waals surface area contributed by atoms with E-state index in [4.69, 9.17) is 0 Å². The molecule has 31 heavy (non-hydrogen) atoms. The van der Waals surface area contributed by atoms with Crippen LogP contribution in [0.2, 0.25) is 0 Å². The molecule has 1 heterocycles. The molecule has 0 saturated heterocycles. The summed E-state index contributed by atoms with van der Waals surface area (Å²) in [6.07, 6.45) is 1.78. The predicted octanol–water partition coefficient (Wildman–Crippen LogP) is 5.78. The smallest absolute Gasteiger partial charge is 0.271 e. The fourth-order valence-electron chi connectivity index (χ4n) is 4.34. The molecule has 0 amide bonds. The van der Waals surface area contributed by atoms with Crippen LogP contribution < -0.4 is 0 Å². The second-order valence-electron chi connectivity index (χ2n) is 7.35. The molecular weight excluding hydrogens is 386 g/mol. The maximum Gasteiger partial charge on any atom is 0.271 e. The number of nitro benzene ring substituents is 1. The molecule has 5 rings (SSSR count). The molecule has 4 aromatic carbocycles. The number of imidazole rings is 1. The Kier molecular flexibility index (Phi) is 4.56. The van der Waals surface area contributed by atoms with E-state index in [1.807, 2.05) is 54.6 Å². The van der Waals surface area contributed by atoms with Gasteiger partial charge in [-0.25, -0.2) is 4.98 Å². The van der Waals surface area contributed by atoms with E-state index >= 15 is 0 Å². The average Bonchev–Trinajstić information content (AvgIpc) is 3.25. The first-order valence-electron chi connectivity index (χ1n) is 10.00. The minimum Gasteiger partial charge on any atom is -0.312 e. The Balaban J connectivity index is 1.92. The first-order valence-corrected chi connectivity index (χ1v) is 10.00. The number of fused-ring (bicyclic) bond motifs is 1. The molecule has 0 saturated carbocycles. The Hall–Kier alpha value is -4.25. The van der Waals surface area contributed by atoms with Crippen LogP contribution in [0.3, 0.4) is 0 Å². The van der Waals surface area contributed by atoms with Crippen molar-refractivity contribution in [1.82, 2.24) is 9.55 Å². The standard InChI is InChI=1S/C26H19N3O2/c30-29(31)23-16-17-25-24(18-23)27-19-28(25)26(20-10-4-1-5-11-20,21-12-6-2-7-13-21)22-14-8-3-9-15-22/h1-19H. The summed E-state index contributed by atoms with van der Waals surface area (Å²) in [6.45, 7) is 0. The van der Waals surface area contributed by atoms with Crippen molar-refractivity contribution in [1.29, 1.82) is 0 Å². The molecule has 5 heteroatoms. The maximum absolute atomic E-state index is 11.3. The Bertz CT molecular complexity index is 1250. The highest BCUT2D eigenvalue weighted by molar-refractivity contribution is 5.79. The number of nitrogens with zero attached hydrogens (tertiary/aromatic N) is 3. The molecule has 5 aromatic rings. The second-order valence-corrected chi connectivity index (χ2v) is 7.35. The van der Waals surface area contributed by atoms with E-state index in [1.165, 1.54) is 12.1 Å². The summed E-state index contributed by atoms with van der Waals surface area (Å²) in [5.74, 6) is 0. The summed E-state index contributed by atoms with van der Waals surface area (Å²) in [6, 6.07) is 35.7. The topological polar surface area (TPSA) is 61.0 Å². The van der Waals surface area contributed by atoms with Gasteiger partial charge in [-0.1, -0.05) is 91.0 Å². The largest absolute Gasteiger partial charge is 0.312 e. The van der Waals surface area contributed by atoms with Crippen molar-refractivity contribution in [2.24, 2.45) is 0 Å². The lowest BCUT2D eigenvalue weighted by atomic mass is 9.76. The molecule has 0 radical (unpaired) electrons. The van der Waals surface area contributed by atoms with Crippen molar-refractivity contribution in [2.45, 2.75) is 5.54 Å². The second kappa shape index (κ2) is 7.54. The van der Waals surface area contributed by atoms with E-state index in [-0.39, 0.29) is 5.69 Å². The van der Waals surface area contributed by atoms with Gasteiger partial charge in [-0.05, 0) is 22.8 Å². The van der Waals surface area contributed by atoms with E-state index in [0.29, 0.717) is 5.52 Å². The lowest BCUT2D eigenvalue weighted by molar-refractivity contribution is -0.384. The Morgan fingerprint density at radius 1 is 0.710 bits per heavy atom. The van der Waals surface area contributed by atoms with Crippen LogP contribution in [0.5, 0.6) is 0 Å².